The van der Waals surface area contributed by atoms with Crippen LogP contribution in [0.3, 0.4) is 0 Å². The number of rotatable bonds is 5. The Morgan fingerprint density at radius 2 is 1.96 bits per heavy atom. The summed E-state index contributed by atoms with van der Waals surface area (Å²) in [6, 6.07) is 15.2. The van der Waals surface area contributed by atoms with Crippen molar-refractivity contribution in [2.45, 2.75) is 13.5 Å². The fourth-order valence-corrected chi connectivity index (χ4v) is 2.59. The first-order valence-corrected chi connectivity index (χ1v) is 8.06. The van der Waals surface area contributed by atoms with E-state index in [0.717, 1.165) is 23.5 Å². The summed E-state index contributed by atoms with van der Waals surface area (Å²) in [4.78, 5) is 18.9. The van der Waals surface area contributed by atoms with E-state index in [-0.39, 0.29) is 5.91 Å². The van der Waals surface area contributed by atoms with Crippen LogP contribution in [0.25, 0.3) is 11.4 Å². The number of nitrogens with one attached hydrogen (secondary N) is 2. The second-order valence-corrected chi connectivity index (χ2v) is 6.22. The van der Waals surface area contributed by atoms with Crippen LogP contribution in [0.15, 0.2) is 48.5 Å². The Bertz CT molecular complexity index is 885. The van der Waals surface area contributed by atoms with Crippen molar-refractivity contribution in [1.82, 2.24) is 20.1 Å². The minimum absolute atomic E-state index is 0.135. The lowest BCUT2D eigenvalue weighted by Crippen LogP contribution is -2.14. The fraction of sp³-hybridized carbons (Fsp3) is 0.211. The minimum Gasteiger partial charge on any atom is -0.322 e. The minimum atomic E-state index is -0.135. The number of nitrogens with zero attached hydrogens (tertiary/aromatic N) is 3. The number of benzene rings is 2. The van der Waals surface area contributed by atoms with Gasteiger partial charge in [0.05, 0.1) is 0 Å². The van der Waals surface area contributed by atoms with E-state index in [9.17, 15) is 4.79 Å². The summed E-state index contributed by atoms with van der Waals surface area (Å²) in [5.74, 6) is 1.23. The molecule has 25 heavy (non-hydrogen) atoms. The first kappa shape index (κ1) is 16.9. The third-order valence-electron chi connectivity index (χ3n) is 3.66. The summed E-state index contributed by atoms with van der Waals surface area (Å²) in [7, 11) is 4.01. The molecule has 0 saturated carbocycles. The van der Waals surface area contributed by atoms with E-state index in [2.05, 4.69) is 25.4 Å². The van der Waals surface area contributed by atoms with Crippen LogP contribution in [0.4, 0.5) is 5.69 Å². The Morgan fingerprint density at radius 3 is 2.68 bits per heavy atom. The molecule has 3 aromatic rings. The molecule has 0 spiro atoms. The highest BCUT2D eigenvalue weighted by atomic mass is 16.1. The van der Waals surface area contributed by atoms with Crippen LogP contribution in [0.5, 0.6) is 0 Å². The van der Waals surface area contributed by atoms with Gasteiger partial charge in [0.15, 0.2) is 5.82 Å². The van der Waals surface area contributed by atoms with E-state index in [1.54, 1.807) is 0 Å². The van der Waals surface area contributed by atoms with Crippen molar-refractivity contribution in [2.24, 2.45) is 0 Å². The number of anilines is 1. The smallest absolute Gasteiger partial charge is 0.255 e. The molecule has 0 aliphatic heterocycles. The van der Waals surface area contributed by atoms with Gasteiger partial charge in [-0.05, 0) is 50.8 Å². The first-order valence-electron chi connectivity index (χ1n) is 8.06. The zero-order valence-corrected chi connectivity index (χ0v) is 14.6. The average molecular weight is 335 g/mol. The van der Waals surface area contributed by atoms with Crippen molar-refractivity contribution in [3.05, 3.63) is 65.5 Å². The lowest BCUT2D eigenvalue weighted by Gasteiger charge is -2.11. The summed E-state index contributed by atoms with van der Waals surface area (Å²) in [6.45, 7) is 2.64. The highest BCUT2D eigenvalue weighted by Crippen LogP contribution is 2.20. The standard InChI is InChI=1S/C19H21N5O/c1-13-20-18(23-22-13)15-7-5-9-17(11-15)21-19(25)16-8-4-6-14(10-16)12-24(2)3/h4-11H,12H2,1-3H3,(H,21,25)(H,20,22,23). The number of carbonyl (C=O) groups is 1. The van der Waals surface area contributed by atoms with Crippen molar-refractivity contribution >= 4 is 11.6 Å². The molecule has 2 aromatic carbocycles. The molecule has 1 aromatic heterocycles. The van der Waals surface area contributed by atoms with Crippen molar-refractivity contribution in [2.75, 3.05) is 19.4 Å². The average Bonchev–Trinajstić information content (AvgIpc) is 3.01. The monoisotopic (exact) mass is 335 g/mol. The Hall–Kier alpha value is -2.99. The topological polar surface area (TPSA) is 73.9 Å². The molecule has 0 atom stereocenters. The number of aryl methyl sites for hydroxylation is 1. The highest BCUT2D eigenvalue weighted by molar-refractivity contribution is 6.04. The van der Waals surface area contributed by atoms with Gasteiger partial charge in [0, 0.05) is 23.4 Å². The first-order chi connectivity index (χ1) is 12.0. The molecule has 1 heterocycles. The van der Waals surface area contributed by atoms with E-state index in [0.29, 0.717) is 17.1 Å². The molecule has 0 aliphatic carbocycles. The molecule has 0 aliphatic rings. The van der Waals surface area contributed by atoms with Gasteiger partial charge in [-0.25, -0.2) is 4.98 Å². The van der Waals surface area contributed by atoms with E-state index >= 15 is 0 Å². The summed E-state index contributed by atoms with van der Waals surface area (Å²) in [5.41, 5.74) is 3.30. The number of H-pyrrole nitrogens is 1. The lowest BCUT2D eigenvalue weighted by atomic mass is 10.1. The van der Waals surface area contributed by atoms with Crippen molar-refractivity contribution in [1.29, 1.82) is 0 Å². The van der Waals surface area contributed by atoms with Crippen molar-refractivity contribution in [3.8, 4) is 11.4 Å². The lowest BCUT2D eigenvalue weighted by molar-refractivity contribution is 0.102. The maximum atomic E-state index is 12.5. The summed E-state index contributed by atoms with van der Waals surface area (Å²) < 4.78 is 0. The second kappa shape index (κ2) is 7.27. The predicted molar refractivity (Wildman–Crippen MR) is 98.3 cm³/mol. The summed E-state index contributed by atoms with van der Waals surface area (Å²) in [6.07, 6.45) is 0. The number of aromatic amines is 1. The molecule has 2 N–H and O–H groups in total. The van der Waals surface area contributed by atoms with Crippen LogP contribution in [-0.4, -0.2) is 40.1 Å². The highest BCUT2D eigenvalue weighted by Gasteiger charge is 2.09. The Morgan fingerprint density at radius 1 is 1.16 bits per heavy atom. The molecule has 6 heteroatoms. The Balaban J connectivity index is 1.77. The van der Waals surface area contributed by atoms with Gasteiger partial charge >= 0.3 is 0 Å². The van der Waals surface area contributed by atoms with E-state index in [1.807, 2.05) is 69.6 Å². The SMILES string of the molecule is Cc1nc(-c2cccc(NC(=O)c3cccc(CN(C)C)c3)c2)n[nH]1. The maximum absolute atomic E-state index is 12.5. The normalized spacial score (nSPS) is 10.9. The number of carbonyl (C=O) groups excluding carboxylic acids is 1. The van der Waals surface area contributed by atoms with E-state index < -0.39 is 0 Å². The molecule has 3 rings (SSSR count). The van der Waals surface area contributed by atoms with Gasteiger partial charge in [-0.3, -0.25) is 9.89 Å². The molecular weight excluding hydrogens is 314 g/mol. The van der Waals surface area contributed by atoms with Crippen molar-refractivity contribution < 1.29 is 4.79 Å². The molecule has 128 valence electrons. The Labute approximate surface area is 146 Å². The predicted octanol–water partition coefficient (Wildman–Crippen LogP) is 3.09. The maximum Gasteiger partial charge on any atom is 0.255 e. The van der Waals surface area contributed by atoms with Crippen molar-refractivity contribution in [3.63, 3.8) is 0 Å². The van der Waals surface area contributed by atoms with Gasteiger partial charge in [-0.15, -0.1) is 0 Å². The van der Waals surface area contributed by atoms with E-state index in [1.165, 1.54) is 0 Å². The molecule has 6 nitrogen and oxygen atoms in total. The third kappa shape index (κ3) is 4.30. The number of aromatic nitrogens is 3. The zero-order valence-electron chi connectivity index (χ0n) is 14.6. The van der Waals surface area contributed by atoms with Gasteiger partial charge in [0.1, 0.15) is 5.82 Å². The quantitative estimate of drug-likeness (QED) is 0.751. The number of hydrogen-bond acceptors (Lipinski definition) is 4. The van der Waals surface area contributed by atoms with Crippen LogP contribution in [0, 0.1) is 6.92 Å². The molecular formula is C19H21N5O. The molecule has 1 amide bonds. The van der Waals surface area contributed by atoms with Crippen LogP contribution < -0.4 is 5.32 Å². The molecule has 0 bridgehead atoms. The molecule has 0 radical (unpaired) electrons. The van der Waals surface area contributed by atoms with Gasteiger partial charge in [-0.1, -0.05) is 24.3 Å². The van der Waals surface area contributed by atoms with Gasteiger partial charge < -0.3 is 10.2 Å². The van der Waals surface area contributed by atoms with Crippen LogP contribution in [-0.2, 0) is 6.54 Å². The summed E-state index contributed by atoms with van der Waals surface area (Å²) in [5, 5.41) is 9.91. The van der Waals surface area contributed by atoms with E-state index in [4.69, 9.17) is 0 Å². The third-order valence-corrected chi connectivity index (χ3v) is 3.66. The van der Waals surface area contributed by atoms with Gasteiger partial charge in [0.25, 0.3) is 5.91 Å². The zero-order chi connectivity index (χ0) is 17.8. The fourth-order valence-electron chi connectivity index (χ4n) is 2.59. The molecule has 0 fully saturated rings. The summed E-state index contributed by atoms with van der Waals surface area (Å²) >= 11 is 0. The largest absolute Gasteiger partial charge is 0.322 e. The van der Waals surface area contributed by atoms with Gasteiger partial charge in [0.2, 0.25) is 0 Å². The van der Waals surface area contributed by atoms with Gasteiger partial charge in [-0.2, -0.15) is 5.10 Å². The number of amides is 1. The van der Waals surface area contributed by atoms with Crippen LogP contribution >= 0.6 is 0 Å². The van der Waals surface area contributed by atoms with Crippen LogP contribution in [0.1, 0.15) is 21.7 Å². The second-order valence-electron chi connectivity index (χ2n) is 6.22. The van der Waals surface area contributed by atoms with Crippen LogP contribution in [0.2, 0.25) is 0 Å². The number of hydrogen-bond donors (Lipinski definition) is 2. The Kier molecular flexibility index (Phi) is 4.90. The molecule has 0 unspecified atom stereocenters. The molecule has 0 saturated heterocycles.